The van der Waals surface area contributed by atoms with Crippen LogP contribution < -0.4 is 0 Å². The molecule has 0 fully saturated rings. The molecule has 0 saturated carbocycles. The van der Waals surface area contributed by atoms with Crippen LogP contribution in [0.15, 0.2) is 149 Å². The molecule has 0 aliphatic heterocycles. The molecule has 1 heteroatoms. The number of rotatable bonds is 2. The van der Waals surface area contributed by atoms with E-state index < -0.39 is 256 Å². The summed E-state index contributed by atoms with van der Waals surface area (Å²) in [6.07, 6.45) is 0. The first-order chi connectivity index (χ1) is 33.8. The van der Waals surface area contributed by atoms with Crippen LogP contribution in [0.3, 0.4) is 0 Å². The van der Waals surface area contributed by atoms with Gasteiger partial charge in [0, 0.05) is 20.3 Å². The van der Waals surface area contributed by atoms with E-state index in [1.54, 1.807) is 0 Å². The van der Waals surface area contributed by atoms with E-state index in [1.807, 2.05) is 0 Å². The monoisotopic (exact) mass is 613 g/mol. The second-order valence-electron chi connectivity index (χ2n) is 10.9. The highest BCUT2D eigenvalue weighted by atomic mass is 16.3. The van der Waals surface area contributed by atoms with Crippen molar-refractivity contribution in [1.82, 2.24) is 0 Å². The van der Waals surface area contributed by atoms with E-state index >= 15 is 0 Å². The van der Waals surface area contributed by atoms with Crippen LogP contribution in [-0.4, -0.2) is 0 Å². The van der Waals surface area contributed by atoms with Crippen LogP contribution in [0.5, 0.6) is 0 Å². The van der Waals surface area contributed by atoms with Crippen molar-refractivity contribution in [1.29, 1.82) is 0 Å². The van der Waals surface area contributed by atoms with Gasteiger partial charge in [0.1, 0.15) is 11.2 Å². The molecule has 8 aromatic carbocycles. The standard InChI is InChI=1S/C45H30O/c1-45(2)39-18-10-9-13-31(39)32-21-19-30(25-40(32)45)44-35-16-7-5-14-33(35)43(34-15-6-8-17-36(34)44)29-20-22-41-37(24-29)38-23-27-11-3-4-12-28(27)26-42(38)46-41/h3-26H,1-2H3/i1D3,3D,4D,5D,6D,7D,8D,9D,10D,11D,12D,13D,14D,15D,16D,17D,18D,19D,20D,21D,22D,23D,24D,25D,26D. The second-order valence-corrected chi connectivity index (χ2v) is 10.9. The van der Waals surface area contributed by atoms with Crippen LogP contribution in [0.4, 0.5) is 0 Å². The molecule has 0 radical (unpaired) electrons. The quantitative estimate of drug-likeness (QED) is 0.177. The molecular formula is C45H30O. The molecule has 1 heterocycles. The third-order valence-electron chi connectivity index (χ3n) is 8.26. The molecule has 1 aliphatic rings. The average Bonchev–Trinajstić information content (AvgIpc) is 3.89. The van der Waals surface area contributed by atoms with E-state index in [0.29, 0.717) is 0 Å². The molecule has 1 atom stereocenters. The predicted octanol–water partition coefficient (Wildman–Crippen LogP) is 12.7. The van der Waals surface area contributed by atoms with Crippen LogP contribution in [0.25, 0.3) is 87.6 Å². The summed E-state index contributed by atoms with van der Waals surface area (Å²) in [7, 11) is 0. The molecule has 1 unspecified atom stereocenters. The van der Waals surface area contributed by atoms with Crippen molar-refractivity contribution in [3.8, 4) is 33.4 Å². The lowest BCUT2D eigenvalue weighted by Gasteiger charge is -2.23. The minimum atomic E-state index is -3.29. The van der Waals surface area contributed by atoms with Crippen molar-refractivity contribution in [3.05, 3.63) is 156 Å². The Morgan fingerprint density at radius 3 is 1.72 bits per heavy atom. The summed E-state index contributed by atoms with van der Waals surface area (Å²) in [6, 6.07) is -21.2. The third kappa shape index (κ3) is 3.46. The Hall–Kier alpha value is -5.66. The van der Waals surface area contributed by atoms with Gasteiger partial charge in [-0.15, -0.1) is 0 Å². The molecule has 9 aromatic rings. The third-order valence-corrected chi connectivity index (χ3v) is 8.26. The Kier molecular flexibility index (Phi) is 2.14. The van der Waals surface area contributed by atoms with E-state index in [0.717, 1.165) is 6.92 Å². The van der Waals surface area contributed by atoms with Gasteiger partial charge in [0.2, 0.25) is 0 Å². The minimum Gasteiger partial charge on any atom is -0.456 e. The first kappa shape index (κ1) is 10.7. The van der Waals surface area contributed by atoms with Gasteiger partial charge in [0.15, 0.2) is 0 Å². The van der Waals surface area contributed by atoms with Gasteiger partial charge in [0.25, 0.3) is 0 Å². The van der Waals surface area contributed by atoms with Gasteiger partial charge in [0.05, 0.1) is 32.9 Å². The topological polar surface area (TPSA) is 13.1 Å². The zero-order valence-corrected chi connectivity index (χ0v) is 23.4. The molecule has 10 rings (SSSR count). The van der Waals surface area contributed by atoms with Crippen molar-refractivity contribution >= 4 is 54.3 Å². The molecule has 216 valence electrons. The maximum absolute atomic E-state index is 9.94. The maximum atomic E-state index is 9.94. The molecule has 1 aromatic heterocycles. The van der Waals surface area contributed by atoms with Gasteiger partial charge in [-0.1, -0.05) is 129 Å². The van der Waals surface area contributed by atoms with Crippen molar-refractivity contribution in [3.63, 3.8) is 0 Å². The molecule has 1 aliphatic carbocycles. The van der Waals surface area contributed by atoms with Crippen molar-refractivity contribution in [2.75, 3.05) is 0 Å². The summed E-state index contributed by atoms with van der Waals surface area (Å²) in [5, 5.41) is -4.83. The smallest absolute Gasteiger partial charge is 0.136 e. The highest BCUT2D eigenvalue weighted by Gasteiger charge is 2.35. The van der Waals surface area contributed by atoms with Crippen molar-refractivity contribution in [2.45, 2.75) is 19.2 Å². The predicted molar refractivity (Wildman–Crippen MR) is 195 cm³/mol. The lowest BCUT2D eigenvalue weighted by atomic mass is 9.80. The van der Waals surface area contributed by atoms with Crippen LogP contribution in [0.2, 0.25) is 0 Å². The summed E-state index contributed by atoms with van der Waals surface area (Å²) in [4.78, 5) is 0. The number of hydrogen-bond acceptors (Lipinski definition) is 1. The van der Waals surface area contributed by atoms with Gasteiger partial charge < -0.3 is 4.42 Å². The maximum Gasteiger partial charge on any atom is 0.136 e. The fraction of sp³-hybridized carbons (Fsp3) is 0.0667. The summed E-state index contributed by atoms with van der Waals surface area (Å²) in [6.45, 7) is -2.24. The Bertz CT molecular complexity index is 4110. The van der Waals surface area contributed by atoms with Crippen molar-refractivity contribution in [2.24, 2.45) is 0 Å². The number of hydrogen-bond donors (Lipinski definition) is 0. The van der Waals surface area contributed by atoms with E-state index in [9.17, 15) is 15.1 Å². The first-order valence-corrected chi connectivity index (χ1v) is 13.9. The molecule has 0 saturated heterocycles. The largest absolute Gasteiger partial charge is 0.456 e. The lowest BCUT2D eigenvalue weighted by Crippen LogP contribution is -2.14. The normalized spacial score (nSPS) is 24.2. The van der Waals surface area contributed by atoms with Crippen LogP contribution in [0, 0.1) is 0 Å². The van der Waals surface area contributed by atoms with E-state index in [2.05, 4.69) is 0 Å². The minimum absolute atomic E-state index is 0.443. The molecular weight excluding hydrogens is 556 g/mol. The molecule has 0 amide bonds. The van der Waals surface area contributed by atoms with Crippen LogP contribution >= 0.6 is 0 Å². The van der Waals surface area contributed by atoms with Crippen molar-refractivity contribution < 1.29 is 41.4 Å². The zero-order chi connectivity index (χ0) is 54.0. The zero-order valence-electron chi connectivity index (χ0n) is 50.4. The molecule has 0 spiro atoms. The number of benzene rings is 8. The van der Waals surface area contributed by atoms with Gasteiger partial charge in [-0.2, -0.15) is 0 Å². The van der Waals surface area contributed by atoms with Gasteiger partial charge >= 0.3 is 0 Å². The number of fused-ring (bicyclic) bond motifs is 9. The van der Waals surface area contributed by atoms with E-state index in [4.69, 9.17) is 26.3 Å². The highest BCUT2D eigenvalue weighted by molar-refractivity contribution is 6.22. The summed E-state index contributed by atoms with van der Waals surface area (Å²) >= 11 is 0. The summed E-state index contributed by atoms with van der Waals surface area (Å²) < 4.78 is 250. The molecule has 46 heavy (non-hydrogen) atoms. The van der Waals surface area contributed by atoms with Gasteiger partial charge in [-0.3, -0.25) is 0 Å². The molecule has 0 bridgehead atoms. The van der Waals surface area contributed by atoms with E-state index in [1.165, 1.54) is 0 Å². The molecule has 0 N–H and O–H groups in total. The highest BCUT2D eigenvalue weighted by Crippen LogP contribution is 2.51. The van der Waals surface area contributed by atoms with Gasteiger partial charge in [-0.05, 0) is 107 Å². The second kappa shape index (κ2) is 9.19. The Morgan fingerprint density at radius 2 is 1.02 bits per heavy atom. The fourth-order valence-electron chi connectivity index (χ4n) is 6.20. The Balaban J connectivity index is 1.49. The summed E-state index contributed by atoms with van der Waals surface area (Å²) in [5.74, 6) is 0. The first-order valence-electron chi connectivity index (χ1n) is 27.4. The summed E-state index contributed by atoms with van der Waals surface area (Å²) in [5.41, 5.74) is -8.96. The van der Waals surface area contributed by atoms with Gasteiger partial charge in [-0.25, -0.2) is 0 Å². The molecule has 1 nitrogen and oxygen atoms in total. The Morgan fingerprint density at radius 1 is 0.478 bits per heavy atom. The number of furan rings is 1. The Labute approximate surface area is 305 Å². The fourth-order valence-corrected chi connectivity index (χ4v) is 6.20. The SMILES string of the molecule is [2H]c1c([2H])c([2H])c2c(c1[2H])-c1c([2H])c([2H])c(-c3c4c([2H])c([2H])c([2H])c([2H])c4c(-c4c([2H])c([2H])c5oc6c([2H])c7c([2H])c([2H])c([2H])c([2H])c7c([2H])c6c5c4[2H])c4c([2H])c([2H])c([2H])c([2H])c34)c([2H])c1C2(C)C([2H])([2H])[2H]. The van der Waals surface area contributed by atoms with Crippen LogP contribution in [-0.2, 0) is 5.41 Å². The van der Waals surface area contributed by atoms with E-state index in [-0.39, 0.29) is 0 Å². The average molecular weight is 614 g/mol. The lowest BCUT2D eigenvalue weighted by molar-refractivity contribution is 0.660. The van der Waals surface area contributed by atoms with Crippen LogP contribution in [0.1, 0.15) is 61.9 Å².